The Labute approximate surface area is 123 Å². The predicted octanol–water partition coefficient (Wildman–Crippen LogP) is 3.87. The first-order valence-electron chi connectivity index (χ1n) is 6.95. The van der Waals surface area contributed by atoms with E-state index >= 15 is 0 Å². The van der Waals surface area contributed by atoms with Gasteiger partial charge in [0, 0.05) is 6.42 Å². The van der Waals surface area contributed by atoms with Crippen LogP contribution in [0.15, 0.2) is 54.6 Å². The molecule has 0 bridgehead atoms. The fourth-order valence-corrected chi connectivity index (χ4v) is 2.51. The normalized spacial score (nSPS) is 13.4. The van der Waals surface area contributed by atoms with E-state index in [1.165, 1.54) is 12.1 Å². The summed E-state index contributed by atoms with van der Waals surface area (Å²) in [4.78, 5) is 23.9. The molecule has 0 amide bonds. The molecular formula is C18H17FO2. The number of carbonyl (C=O) groups excluding carboxylic acids is 2. The minimum atomic E-state index is -0.597. The first-order chi connectivity index (χ1) is 10.2. The van der Waals surface area contributed by atoms with Crippen molar-refractivity contribution >= 4 is 12.1 Å². The van der Waals surface area contributed by atoms with Crippen LogP contribution >= 0.6 is 0 Å². The second kappa shape index (κ2) is 6.93. The third-order valence-corrected chi connectivity index (χ3v) is 3.61. The third-order valence-electron chi connectivity index (χ3n) is 3.61. The van der Waals surface area contributed by atoms with Crippen molar-refractivity contribution in [3.8, 4) is 0 Å². The highest BCUT2D eigenvalue weighted by molar-refractivity contribution is 5.90. The van der Waals surface area contributed by atoms with Gasteiger partial charge in [0.05, 0.1) is 11.8 Å². The van der Waals surface area contributed by atoms with Gasteiger partial charge in [-0.2, -0.15) is 0 Å². The molecule has 0 saturated carbocycles. The smallest absolute Gasteiger partial charge is 0.141 e. The molecule has 0 aromatic heterocycles. The van der Waals surface area contributed by atoms with Crippen molar-refractivity contribution in [1.29, 1.82) is 0 Å². The molecule has 0 saturated heterocycles. The van der Waals surface area contributed by atoms with E-state index in [0.717, 1.165) is 11.8 Å². The molecule has 2 atom stereocenters. The predicted molar refractivity (Wildman–Crippen MR) is 79.7 cm³/mol. The maximum atomic E-state index is 13.0. The summed E-state index contributed by atoms with van der Waals surface area (Å²) in [5.41, 5.74) is 1.47. The standard InChI is InChI=1S/C18H17FO2/c1-2-17(21)18(14-6-4-3-5-7-14)16(12-20)13-8-10-15(19)11-9-13/h3-12,16,18H,2H2,1H3. The molecule has 2 unspecified atom stereocenters. The van der Waals surface area contributed by atoms with Crippen LogP contribution in [0, 0.1) is 5.82 Å². The second-order valence-corrected chi connectivity index (χ2v) is 4.92. The van der Waals surface area contributed by atoms with Gasteiger partial charge in [0.25, 0.3) is 0 Å². The van der Waals surface area contributed by atoms with Crippen LogP contribution in [-0.4, -0.2) is 12.1 Å². The Balaban J connectivity index is 2.45. The third kappa shape index (κ3) is 3.43. The van der Waals surface area contributed by atoms with Gasteiger partial charge in [-0.3, -0.25) is 4.79 Å². The van der Waals surface area contributed by atoms with Crippen LogP contribution in [0.25, 0.3) is 0 Å². The number of rotatable bonds is 6. The van der Waals surface area contributed by atoms with Crippen LogP contribution in [0.5, 0.6) is 0 Å². The van der Waals surface area contributed by atoms with Gasteiger partial charge in [-0.15, -0.1) is 0 Å². The fraction of sp³-hybridized carbons (Fsp3) is 0.222. The molecule has 21 heavy (non-hydrogen) atoms. The number of hydrogen-bond acceptors (Lipinski definition) is 2. The molecule has 3 heteroatoms. The Hall–Kier alpha value is -2.29. The maximum Gasteiger partial charge on any atom is 0.141 e. The first kappa shape index (κ1) is 15.1. The lowest BCUT2D eigenvalue weighted by molar-refractivity contribution is -0.122. The number of Topliss-reactive ketones (excluding diaryl/α,β-unsaturated/α-hetero) is 1. The van der Waals surface area contributed by atoms with Crippen molar-refractivity contribution in [2.75, 3.05) is 0 Å². The SMILES string of the molecule is CCC(=O)C(c1ccccc1)C(C=O)c1ccc(F)cc1. The van der Waals surface area contributed by atoms with Crippen LogP contribution in [0.4, 0.5) is 4.39 Å². The van der Waals surface area contributed by atoms with E-state index in [-0.39, 0.29) is 11.6 Å². The van der Waals surface area contributed by atoms with Crippen molar-refractivity contribution in [2.24, 2.45) is 0 Å². The summed E-state index contributed by atoms with van der Waals surface area (Å²) in [7, 11) is 0. The van der Waals surface area contributed by atoms with Crippen molar-refractivity contribution in [3.63, 3.8) is 0 Å². The van der Waals surface area contributed by atoms with Crippen molar-refractivity contribution in [3.05, 3.63) is 71.5 Å². The topological polar surface area (TPSA) is 34.1 Å². The lowest BCUT2D eigenvalue weighted by Gasteiger charge is -2.22. The molecular weight excluding hydrogens is 267 g/mol. The Bertz CT molecular complexity index is 605. The number of ketones is 1. The van der Waals surface area contributed by atoms with Gasteiger partial charge in [0.1, 0.15) is 17.9 Å². The lowest BCUT2D eigenvalue weighted by atomic mass is 9.79. The largest absolute Gasteiger partial charge is 0.303 e. The molecule has 2 rings (SSSR count). The average Bonchev–Trinajstić information content (AvgIpc) is 2.53. The highest BCUT2D eigenvalue weighted by Crippen LogP contribution is 2.33. The number of aldehydes is 1. The summed E-state index contributed by atoms with van der Waals surface area (Å²) in [5.74, 6) is -1.48. The van der Waals surface area contributed by atoms with Crippen LogP contribution in [0.2, 0.25) is 0 Å². The van der Waals surface area contributed by atoms with Gasteiger partial charge in [-0.25, -0.2) is 4.39 Å². The summed E-state index contributed by atoms with van der Waals surface area (Å²) in [5, 5.41) is 0. The van der Waals surface area contributed by atoms with Gasteiger partial charge < -0.3 is 4.79 Å². The Morgan fingerprint density at radius 1 is 1.05 bits per heavy atom. The summed E-state index contributed by atoms with van der Waals surface area (Å²) < 4.78 is 13.0. The van der Waals surface area contributed by atoms with Gasteiger partial charge in [0.2, 0.25) is 0 Å². The summed E-state index contributed by atoms with van der Waals surface area (Å²) in [6.07, 6.45) is 1.13. The number of hydrogen-bond donors (Lipinski definition) is 0. The highest BCUT2D eigenvalue weighted by atomic mass is 19.1. The molecule has 0 aliphatic carbocycles. The molecule has 0 fully saturated rings. The highest BCUT2D eigenvalue weighted by Gasteiger charge is 2.29. The Kier molecular flexibility index (Phi) is 4.99. The lowest BCUT2D eigenvalue weighted by Crippen LogP contribution is -2.21. The molecule has 0 radical (unpaired) electrons. The summed E-state index contributed by atoms with van der Waals surface area (Å²) in [6, 6.07) is 15.0. The molecule has 2 aromatic rings. The van der Waals surface area contributed by atoms with E-state index < -0.39 is 11.8 Å². The van der Waals surface area contributed by atoms with E-state index in [1.807, 2.05) is 30.3 Å². The minimum Gasteiger partial charge on any atom is -0.303 e. The molecule has 0 spiro atoms. The molecule has 108 valence electrons. The van der Waals surface area contributed by atoms with Gasteiger partial charge in [-0.1, -0.05) is 49.4 Å². The molecule has 2 nitrogen and oxygen atoms in total. The molecule has 0 aliphatic rings. The Morgan fingerprint density at radius 3 is 2.19 bits per heavy atom. The van der Waals surface area contributed by atoms with E-state index in [0.29, 0.717) is 12.0 Å². The van der Waals surface area contributed by atoms with E-state index in [1.54, 1.807) is 19.1 Å². The monoisotopic (exact) mass is 284 g/mol. The molecule has 0 aliphatic heterocycles. The van der Waals surface area contributed by atoms with Crippen molar-refractivity contribution < 1.29 is 14.0 Å². The zero-order chi connectivity index (χ0) is 15.2. The van der Waals surface area contributed by atoms with Crippen LogP contribution in [0.1, 0.15) is 36.3 Å². The van der Waals surface area contributed by atoms with E-state index in [9.17, 15) is 14.0 Å². The van der Waals surface area contributed by atoms with Gasteiger partial charge in [-0.05, 0) is 23.3 Å². The molecule has 0 N–H and O–H groups in total. The zero-order valence-corrected chi connectivity index (χ0v) is 11.8. The minimum absolute atomic E-state index is 0.00243. The first-order valence-corrected chi connectivity index (χ1v) is 6.95. The zero-order valence-electron chi connectivity index (χ0n) is 11.8. The average molecular weight is 284 g/mol. The quantitative estimate of drug-likeness (QED) is 0.755. The van der Waals surface area contributed by atoms with Gasteiger partial charge >= 0.3 is 0 Å². The van der Waals surface area contributed by atoms with Gasteiger partial charge in [0.15, 0.2) is 0 Å². The molecule has 0 heterocycles. The number of carbonyl (C=O) groups is 2. The number of benzene rings is 2. The summed E-state index contributed by atoms with van der Waals surface area (Å²) in [6.45, 7) is 1.78. The second-order valence-electron chi connectivity index (χ2n) is 4.92. The van der Waals surface area contributed by atoms with E-state index in [2.05, 4.69) is 0 Å². The van der Waals surface area contributed by atoms with Crippen LogP contribution in [-0.2, 0) is 9.59 Å². The number of halogens is 1. The van der Waals surface area contributed by atoms with E-state index in [4.69, 9.17) is 0 Å². The summed E-state index contributed by atoms with van der Waals surface area (Å²) >= 11 is 0. The molecule has 2 aromatic carbocycles. The maximum absolute atomic E-state index is 13.0. The fourth-order valence-electron chi connectivity index (χ4n) is 2.51. The van der Waals surface area contributed by atoms with Crippen molar-refractivity contribution in [1.82, 2.24) is 0 Å². The van der Waals surface area contributed by atoms with Crippen molar-refractivity contribution in [2.45, 2.75) is 25.2 Å². The Morgan fingerprint density at radius 2 is 1.67 bits per heavy atom. The van der Waals surface area contributed by atoms with Crippen LogP contribution < -0.4 is 0 Å². The van der Waals surface area contributed by atoms with Crippen LogP contribution in [0.3, 0.4) is 0 Å².